The van der Waals surface area contributed by atoms with Crippen molar-refractivity contribution in [3.05, 3.63) is 70.5 Å². The molecule has 0 radical (unpaired) electrons. The molecule has 9 nitrogen and oxygen atoms in total. The summed E-state index contributed by atoms with van der Waals surface area (Å²) < 4.78 is 11.0. The van der Waals surface area contributed by atoms with Crippen LogP contribution in [0.3, 0.4) is 0 Å². The maximum Gasteiger partial charge on any atom is 0.310 e. The highest BCUT2D eigenvalue weighted by Crippen LogP contribution is 2.26. The Morgan fingerprint density at radius 1 is 1.00 bits per heavy atom. The van der Waals surface area contributed by atoms with E-state index in [2.05, 4.69) is 0 Å². The van der Waals surface area contributed by atoms with Gasteiger partial charge in [0.25, 0.3) is 11.8 Å². The van der Waals surface area contributed by atoms with Crippen LogP contribution >= 0.6 is 0 Å². The number of hydrogen-bond donors (Lipinski definition) is 0. The fraction of sp³-hybridized carbons (Fsp3) is 0.238. The van der Waals surface area contributed by atoms with Crippen molar-refractivity contribution in [1.82, 2.24) is 9.80 Å². The maximum absolute atomic E-state index is 12.7. The van der Waals surface area contributed by atoms with Crippen LogP contribution in [-0.4, -0.2) is 59.3 Å². The van der Waals surface area contributed by atoms with Gasteiger partial charge in [0, 0.05) is 37.6 Å². The summed E-state index contributed by atoms with van der Waals surface area (Å²) in [6.45, 7) is 1.14. The summed E-state index contributed by atoms with van der Waals surface area (Å²) in [6, 6.07) is 15.0. The van der Waals surface area contributed by atoms with Crippen molar-refractivity contribution in [2.24, 2.45) is 0 Å². The molecule has 0 spiro atoms. The lowest BCUT2D eigenvalue weighted by molar-refractivity contribution is -0.385. The quantitative estimate of drug-likeness (QED) is 0.474. The Hall–Kier alpha value is -3.88. The number of ether oxygens (including phenoxy) is 1. The molecular formula is C21H19N3O6. The standard InChI is InChI=1S/C21H19N3O6/c25-20(14-29-18-8-4-2-6-16(18)24(27)28)22-9-11-23(12-10-22)21(26)19-13-15-5-1-3-7-17(15)30-19/h1-8,13H,9-12,14H2. The first-order valence-corrected chi connectivity index (χ1v) is 9.45. The number of carbonyl (C=O) groups excluding carboxylic acids is 2. The number of carbonyl (C=O) groups is 2. The predicted octanol–water partition coefficient (Wildman–Crippen LogP) is 2.70. The van der Waals surface area contributed by atoms with Crippen LogP contribution in [0.1, 0.15) is 10.6 Å². The number of nitro groups is 1. The van der Waals surface area contributed by atoms with E-state index in [1.807, 2.05) is 18.2 Å². The van der Waals surface area contributed by atoms with Crippen LogP contribution in [0.4, 0.5) is 5.69 Å². The molecule has 154 valence electrons. The molecule has 0 bridgehead atoms. The van der Waals surface area contributed by atoms with Crippen LogP contribution in [0.5, 0.6) is 5.75 Å². The number of rotatable bonds is 5. The van der Waals surface area contributed by atoms with Gasteiger partial charge in [0.15, 0.2) is 18.1 Å². The zero-order valence-electron chi connectivity index (χ0n) is 16.0. The van der Waals surface area contributed by atoms with E-state index in [9.17, 15) is 19.7 Å². The molecule has 3 aromatic rings. The molecule has 9 heteroatoms. The number of fused-ring (bicyclic) bond motifs is 1. The van der Waals surface area contributed by atoms with Crippen LogP contribution in [-0.2, 0) is 4.79 Å². The van der Waals surface area contributed by atoms with Gasteiger partial charge < -0.3 is 19.0 Å². The fourth-order valence-electron chi connectivity index (χ4n) is 3.36. The summed E-state index contributed by atoms with van der Waals surface area (Å²) in [7, 11) is 0. The summed E-state index contributed by atoms with van der Waals surface area (Å²) in [5.74, 6) is -0.177. The molecule has 30 heavy (non-hydrogen) atoms. The molecule has 0 unspecified atom stereocenters. The predicted molar refractivity (Wildman–Crippen MR) is 107 cm³/mol. The molecule has 1 aliphatic heterocycles. The Kier molecular flexibility index (Phi) is 5.34. The summed E-state index contributed by atoms with van der Waals surface area (Å²) in [5.41, 5.74) is 0.466. The summed E-state index contributed by atoms with van der Waals surface area (Å²) in [6.07, 6.45) is 0. The normalized spacial score (nSPS) is 14.0. The van der Waals surface area contributed by atoms with Crippen molar-refractivity contribution < 1.29 is 23.7 Å². The van der Waals surface area contributed by atoms with Crippen molar-refractivity contribution in [3.63, 3.8) is 0 Å². The van der Waals surface area contributed by atoms with E-state index < -0.39 is 4.92 Å². The Labute approximate surface area is 171 Å². The SMILES string of the molecule is O=C(COc1ccccc1[N+](=O)[O-])N1CCN(C(=O)c2cc3ccccc3o2)CC1. The highest BCUT2D eigenvalue weighted by molar-refractivity contribution is 5.96. The topological polar surface area (TPSA) is 106 Å². The average molecular weight is 409 g/mol. The smallest absolute Gasteiger partial charge is 0.310 e. The van der Waals surface area contributed by atoms with Crippen molar-refractivity contribution in [1.29, 1.82) is 0 Å². The number of nitro benzene ring substituents is 1. The van der Waals surface area contributed by atoms with Crippen molar-refractivity contribution >= 4 is 28.5 Å². The Bertz CT molecular complexity index is 1070. The third kappa shape index (κ3) is 3.95. The van der Waals surface area contributed by atoms with Crippen LogP contribution in [0.25, 0.3) is 11.0 Å². The molecule has 1 fully saturated rings. The zero-order chi connectivity index (χ0) is 21.1. The average Bonchev–Trinajstić information content (AvgIpc) is 3.21. The van der Waals surface area contributed by atoms with E-state index in [1.165, 1.54) is 18.2 Å². The molecule has 0 saturated carbocycles. The zero-order valence-corrected chi connectivity index (χ0v) is 16.0. The molecule has 0 aliphatic carbocycles. The number of para-hydroxylation sites is 3. The first-order chi connectivity index (χ1) is 14.5. The van der Waals surface area contributed by atoms with Gasteiger partial charge in [-0.25, -0.2) is 0 Å². The second-order valence-electron chi connectivity index (χ2n) is 6.83. The van der Waals surface area contributed by atoms with Gasteiger partial charge in [-0.3, -0.25) is 19.7 Å². The van der Waals surface area contributed by atoms with Gasteiger partial charge in [0.05, 0.1) is 4.92 Å². The van der Waals surface area contributed by atoms with Gasteiger partial charge in [-0.05, 0) is 18.2 Å². The highest BCUT2D eigenvalue weighted by atomic mass is 16.6. The largest absolute Gasteiger partial charge is 0.477 e. The van der Waals surface area contributed by atoms with Gasteiger partial charge in [-0.1, -0.05) is 30.3 Å². The fourth-order valence-corrected chi connectivity index (χ4v) is 3.36. The van der Waals surface area contributed by atoms with E-state index in [1.54, 1.807) is 28.0 Å². The minimum Gasteiger partial charge on any atom is -0.477 e. The molecule has 0 atom stereocenters. The highest BCUT2D eigenvalue weighted by Gasteiger charge is 2.27. The molecule has 0 N–H and O–H groups in total. The number of amides is 2. The van der Waals surface area contributed by atoms with Crippen molar-refractivity contribution in [2.45, 2.75) is 0 Å². The number of piperazine rings is 1. The number of furan rings is 1. The molecule has 2 heterocycles. The van der Waals surface area contributed by atoms with Gasteiger partial charge >= 0.3 is 5.69 Å². The van der Waals surface area contributed by atoms with Gasteiger partial charge in [0.2, 0.25) is 0 Å². The van der Waals surface area contributed by atoms with E-state index in [-0.39, 0.29) is 35.6 Å². The third-order valence-corrected chi connectivity index (χ3v) is 4.97. The van der Waals surface area contributed by atoms with E-state index in [4.69, 9.17) is 9.15 Å². The molecule has 1 aliphatic rings. The van der Waals surface area contributed by atoms with Crippen LogP contribution in [0, 0.1) is 10.1 Å². The van der Waals surface area contributed by atoms with Crippen molar-refractivity contribution in [2.75, 3.05) is 32.8 Å². The third-order valence-electron chi connectivity index (χ3n) is 4.97. The Balaban J connectivity index is 1.32. The second kappa shape index (κ2) is 8.24. The Morgan fingerprint density at radius 3 is 2.40 bits per heavy atom. The minimum atomic E-state index is -0.553. The number of benzene rings is 2. The van der Waals surface area contributed by atoms with Gasteiger partial charge in [-0.15, -0.1) is 0 Å². The number of nitrogens with zero attached hydrogens (tertiary/aromatic N) is 3. The lowest BCUT2D eigenvalue weighted by atomic mass is 10.2. The molecule has 1 saturated heterocycles. The molecular weight excluding hydrogens is 390 g/mol. The molecule has 2 amide bonds. The van der Waals surface area contributed by atoms with Crippen LogP contribution in [0.15, 0.2) is 59.0 Å². The molecule has 1 aromatic heterocycles. The Morgan fingerprint density at radius 2 is 1.67 bits per heavy atom. The van der Waals surface area contributed by atoms with Gasteiger partial charge in [-0.2, -0.15) is 0 Å². The summed E-state index contributed by atoms with van der Waals surface area (Å²) >= 11 is 0. The first kappa shape index (κ1) is 19.4. The van der Waals surface area contributed by atoms with Gasteiger partial charge in [0.1, 0.15) is 5.58 Å². The lowest BCUT2D eigenvalue weighted by Gasteiger charge is -2.34. The summed E-state index contributed by atoms with van der Waals surface area (Å²) in [5, 5.41) is 11.9. The lowest BCUT2D eigenvalue weighted by Crippen LogP contribution is -2.51. The monoisotopic (exact) mass is 409 g/mol. The van der Waals surface area contributed by atoms with Crippen molar-refractivity contribution in [3.8, 4) is 5.75 Å². The molecule has 2 aromatic carbocycles. The minimum absolute atomic E-state index is 0.0505. The maximum atomic E-state index is 12.7. The number of hydrogen-bond acceptors (Lipinski definition) is 6. The van der Waals surface area contributed by atoms with E-state index in [0.29, 0.717) is 31.8 Å². The first-order valence-electron chi connectivity index (χ1n) is 9.45. The second-order valence-corrected chi connectivity index (χ2v) is 6.83. The van der Waals surface area contributed by atoms with E-state index >= 15 is 0 Å². The van der Waals surface area contributed by atoms with Crippen LogP contribution in [0.2, 0.25) is 0 Å². The summed E-state index contributed by atoms with van der Waals surface area (Å²) in [4.78, 5) is 38.8. The van der Waals surface area contributed by atoms with Crippen LogP contribution < -0.4 is 4.74 Å². The van der Waals surface area contributed by atoms with E-state index in [0.717, 1.165) is 5.39 Å². The molecule has 4 rings (SSSR count).